The van der Waals surface area contributed by atoms with Gasteiger partial charge in [-0.25, -0.2) is 38.2 Å². The standard InChI is InChI=1S/C23H31ClN5O13P/c1-6-23(33)18(30)22(7-24,42-19(23)29-10-28-15-16(25)26-9-27-17(15)29)8-37-43(34,38-11-35-20(31)40-13(2)3)39-12-36-21(32)41-14(4)5/h1,9-10,13-14,18-19,30,33H,7-8,11-12H2,2-5H3,(H2,25,26,27)/t18-,19-,22-,23-/m1/s1. The number of carbonyl (C=O) groups is 2. The molecule has 0 spiro atoms. The number of rotatable bonds is 13. The van der Waals surface area contributed by atoms with E-state index >= 15 is 0 Å². The minimum Gasteiger partial charge on any atom is -0.432 e. The Bertz CT molecular complexity index is 1360. The summed E-state index contributed by atoms with van der Waals surface area (Å²) in [7, 11) is -4.82. The lowest BCUT2D eigenvalue weighted by atomic mass is 9.88. The van der Waals surface area contributed by atoms with Gasteiger partial charge in [-0.1, -0.05) is 5.92 Å². The smallest absolute Gasteiger partial charge is 0.432 e. The molecule has 3 rings (SSSR count). The number of nitrogens with zero attached hydrogens (tertiary/aromatic N) is 4. The fourth-order valence-corrected chi connectivity index (χ4v) is 4.91. The molecule has 20 heteroatoms. The van der Waals surface area contributed by atoms with E-state index in [1.54, 1.807) is 27.7 Å². The molecule has 0 amide bonds. The molecule has 43 heavy (non-hydrogen) atoms. The highest BCUT2D eigenvalue weighted by molar-refractivity contribution is 7.48. The lowest BCUT2D eigenvalue weighted by molar-refractivity contribution is -0.118. The van der Waals surface area contributed by atoms with Crippen LogP contribution in [-0.4, -0.2) is 97.6 Å². The van der Waals surface area contributed by atoms with Gasteiger partial charge in [0.1, 0.15) is 23.5 Å². The van der Waals surface area contributed by atoms with E-state index in [4.69, 9.17) is 51.5 Å². The Morgan fingerprint density at radius 2 is 1.72 bits per heavy atom. The van der Waals surface area contributed by atoms with Crippen LogP contribution in [0.4, 0.5) is 15.4 Å². The van der Waals surface area contributed by atoms with Crippen LogP contribution >= 0.6 is 19.4 Å². The van der Waals surface area contributed by atoms with Gasteiger partial charge in [-0.2, -0.15) is 0 Å². The summed E-state index contributed by atoms with van der Waals surface area (Å²) in [5, 5.41) is 22.6. The van der Waals surface area contributed by atoms with Crippen LogP contribution in [-0.2, 0) is 41.8 Å². The number of aromatic nitrogens is 4. The van der Waals surface area contributed by atoms with Crippen LogP contribution in [0.1, 0.15) is 33.9 Å². The number of nitrogen functional groups attached to an aromatic ring is 1. The van der Waals surface area contributed by atoms with Crippen molar-refractivity contribution in [2.24, 2.45) is 0 Å². The minimum atomic E-state index is -4.82. The van der Waals surface area contributed by atoms with E-state index in [0.717, 1.165) is 6.33 Å². The van der Waals surface area contributed by atoms with Crippen LogP contribution in [0.15, 0.2) is 12.7 Å². The zero-order chi connectivity index (χ0) is 32.0. The first kappa shape index (κ1) is 34.2. The van der Waals surface area contributed by atoms with Gasteiger partial charge in [0.2, 0.25) is 13.6 Å². The van der Waals surface area contributed by atoms with E-state index in [0.29, 0.717) is 0 Å². The maximum absolute atomic E-state index is 13.4. The van der Waals surface area contributed by atoms with Crippen LogP contribution < -0.4 is 5.73 Å². The summed E-state index contributed by atoms with van der Waals surface area (Å²) in [5.41, 5.74) is 1.55. The highest BCUT2D eigenvalue weighted by atomic mass is 35.5. The van der Waals surface area contributed by atoms with Gasteiger partial charge < -0.3 is 39.6 Å². The number of alkyl halides is 1. The summed E-state index contributed by atoms with van der Waals surface area (Å²) in [6.07, 6.45) is 0.992. The number of nitrogens with two attached hydrogens (primary N) is 1. The van der Waals surface area contributed by atoms with Gasteiger partial charge in [0, 0.05) is 0 Å². The van der Waals surface area contributed by atoms with E-state index in [9.17, 15) is 24.4 Å². The Morgan fingerprint density at radius 1 is 1.14 bits per heavy atom. The second-order valence-electron chi connectivity index (χ2n) is 9.46. The Morgan fingerprint density at radius 3 is 2.23 bits per heavy atom. The molecule has 1 fully saturated rings. The number of hydrogen-bond donors (Lipinski definition) is 3. The second kappa shape index (κ2) is 14.0. The zero-order valence-electron chi connectivity index (χ0n) is 23.4. The number of phosphoric acid groups is 1. The van der Waals surface area contributed by atoms with E-state index in [-0.39, 0.29) is 17.0 Å². The van der Waals surface area contributed by atoms with Gasteiger partial charge >= 0.3 is 20.1 Å². The fraction of sp³-hybridized carbons (Fsp3) is 0.609. The van der Waals surface area contributed by atoms with Gasteiger partial charge in [0.25, 0.3) is 0 Å². The van der Waals surface area contributed by atoms with E-state index in [1.807, 2.05) is 0 Å². The summed E-state index contributed by atoms with van der Waals surface area (Å²) in [6.45, 7) is 3.33. The third kappa shape index (κ3) is 7.82. The number of carbonyl (C=O) groups excluding carboxylic acids is 2. The molecule has 1 aliphatic heterocycles. The molecule has 2 aromatic heterocycles. The van der Waals surface area contributed by atoms with Crippen molar-refractivity contribution in [1.82, 2.24) is 19.5 Å². The maximum Gasteiger partial charge on any atom is 0.510 e. The molecule has 2 aromatic rings. The number of terminal acetylenes is 1. The molecule has 0 aromatic carbocycles. The number of halogens is 1. The summed E-state index contributed by atoms with van der Waals surface area (Å²) in [6, 6.07) is 0. The Labute approximate surface area is 250 Å². The summed E-state index contributed by atoms with van der Waals surface area (Å²) in [4.78, 5) is 35.4. The van der Waals surface area contributed by atoms with Gasteiger partial charge in [-0.15, -0.1) is 18.0 Å². The van der Waals surface area contributed by atoms with Crippen LogP contribution in [0, 0.1) is 12.3 Å². The van der Waals surface area contributed by atoms with Gasteiger partial charge in [0.05, 0.1) is 31.0 Å². The quantitative estimate of drug-likeness (QED) is 0.0920. The van der Waals surface area contributed by atoms with Crippen molar-refractivity contribution in [3.05, 3.63) is 12.7 Å². The van der Waals surface area contributed by atoms with Crippen molar-refractivity contribution in [2.45, 2.75) is 63.4 Å². The van der Waals surface area contributed by atoms with Crippen LogP contribution in [0.5, 0.6) is 0 Å². The molecular formula is C23H31ClN5O13P. The lowest BCUT2D eigenvalue weighted by Gasteiger charge is -2.31. The molecule has 4 atom stereocenters. The van der Waals surface area contributed by atoms with Crippen molar-refractivity contribution in [1.29, 1.82) is 0 Å². The van der Waals surface area contributed by atoms with E-state index < -0.39 is 81.9 Å². The van der Waals surface area contributed by atoms with Crippen LogP contribution in [0.2, 0.25) is 0 Å². The topological polar surface area (TPSA) is 235 Å². The molecule has 1 aliphatic rings. The number of anilines is 1. The van der Waals surface area contributed by atoms with Crippen molar-refractivity contribution in [2.75, 3.05) is 31.8 Å². The van der Waals surface area contributed by atoms with Crippen molar-refractivity contribution in [3.63, 3.8) is 0 Å². The van der Waals surface area contributed by atoms with Crippen molar-refractivity contribution < 1.29 is 61.6 Å². The van der Waals surface area contributed by atoms with Gasteiger partial charge in [0.15, 0.2) is 23.3 Å². The summed E-state index contributed by atoms with van der Waals surface area (Å²) >= 11 is 6.17. The Balaban J connectivity index is 1.83. The molecule has 18 nitrogen and oxygen atoms in total. The second-order valence-corrected chi connectivity index (χ2v) is 11.4. The monoisotopic (exact) mass is 651 g/mol. The van der Waals surface area contributed by atoms with Crippen LogP contribution in [0.3, 0.4) is 0 Å². The minimum absolute atomic E-state index is 0.0210. The Kier molecular flexibility index (Phi) is 11.2. The number of ether oxygens (including phenoxy) is 5. The highest BCUT2D eigenvalue weighted by Gasteiger charge is 2.64. The molecule has 0 saturated carbocycles. The number of hydrogen-bond acceptors (Lipinski definition) is 17. The van der Waals surface area contributed by atoms with Crippen molar-refractivity contribution >= 4 is 48.7 Å². The molecule has 238 valence electrons. The maximum atomic E-state index is 13.4. The molecule has 0 bridgehead atoms. The Hall–Kier alpha value is -3.27. The van der Waals surface area contributed by atoms with Crippen molar-refractivity contribution in [3.8, 4) is 12.3 Å². The normalized spacial score (nSPS) is 23.8. The highest BCUT2D eigenvalue weighted by Crippen LogP contribution is 2.53. The molecular weight excluding hydrogens is 621 g/mol. The molecule has 0 aliphatic carbocycles. The average molecular weight is 652 g/mol. The molecule has 1 saturated heterocycles. The SMILES string of the molecule is C#C[C@@]1(O)[C@H](O)[C@@](CCl)(COP(=O)(OCOC(=O)OC(C)C)OCOC(=O)OC(C)C)O[C@H]1n1cnc2c(N)ncnc21. The first-order valence-electron chi connectivity index (χ1n) is 12.5. The number of fused-ring (bicyclic) bond motifs is 1. The number of phosphoric ester groups is 1. The first-order valence-corrected chi connectivity index (χ1v) is 14.4. The predicted molar refractivity (Wildman–Crippen MR) is 144 cm³/mol. The van der Waals surface area contributed by atoms with E-state index in [1.165, 1.54) is 10.9 Å². The largest absolute Gasteiger partial charge is 0.510 e. The van der Waals surface area contributed by atoms with Gasteiger partial charge in [-0.05, 0) is 27.7 Å². The molecule has 3 heterocycles. The predicted octanol–water partition coefficient (Wildman–Crippen LogP) is 1.84. The zero-order valence-corrected chi connectivity index (χ0v) is 25.1. The first-order chi connectivity index (χ1) is 20.2. The molecule has 0 radical (unpaired) electrons. The lowest BCUT2D eigenvalue weighted by Crippen LogP contribution is -2.53. The third-order valence-corrected chi connectivity index (χ3v) is 7.38. The molecule has 0 unspecified atom stereocenters. The van der Waals surface area contributed by atoms with E-state index in [2.05, 4.69) is 30.3 Å². The summed E-state index contributed by atoms with van der Waals surface area (Å²) < 4.78 is 54.9. The summed E-state index contributed by atoms with van der Waals surface area (Å²) in [5.74, 6) is 1.52. The number of aliphatic hydroxyl groups is 2. The van der Waals surface area contributed by atoms with Gasteiger partial charge in [-0.3, -0.25) is 9.09 Å². The fourth-order valence-electron chi connectivity index (χ4n) is 3.66. The average Bonchev–Trinajstić information content (AvgIpc) is 3.45. The third-order valence-electron chi connectivity index (χ3n) is 5.64. The number of imidazole rings is 1. The number of aliphatic hydroxyl groups excluding tert-OH is 1. The molecule has 4 N–H and O–H groups in total. The van der Waals surface area contributed by atoms with Crippen LogP contribution in [0.25, 0.3) is 11.2 Å².